The van der Waals surface area contributed by atoms with Crippen molar-refractivity contribution >= 4 is 0 Å². The Morgan fingerprint density at radius 3 is 2.14 bits per heavy atom. The number of nitrogens with zero attached hydrogens (tertiary/aromatic N) is 3. The molecule has 1 aromatic heterocycles. The number of benzene rings is 2. The van der Waals surface area contributed by atoms with Gasteiger partial charge >= 0.3 is 0 Å². The van der Waals surface area contributed by atoms with E-state index in [0.29, 0.717) is 11.5 Å². The van der Waals surface area contributed by atoms with Crippen molar-refractivity contribution in [3.63, 3.8) is 0 Å². The summed E-state index contributed by atoms with van der Waals surface area (Å²) in [5.74, 6) is 1.36. The van der Waals surface area contributed by atoms with Crippen molar-refractivity contribution in [3.05, 3.63) is 60.3 Å². The second-order valence-corrected chi connectivity index (χ2v) is 4.75. The van der Waals surface area contributed by atoms with E-state index in [1.807, 2.05) is 48.5 Å². The molecular weight excluding hydrogens is 278 g/mol. The predicted molar refractivity (Wildman–Crippen MR) is 83.2 cm³/mol. The predicted octanol–water partition coefficient (Wildman–Crippen LogP) is 2.71. The van der Waals surface area contributed by atoms with Crippen molar-refractivity contribution in [2.75, 3.05) is 7.11 Å². The Kier molecular flexibility index (Phi) is 4.07. The van der Waals surface area contributed by atoms with E-state index in [2.05, 4.69) is 15.2 Å². The molecule has 5 heteroatoms. The molecule has 5 nitrogen and oxygen atoms in total. The number of ether oxygens (including phenoxy) is 1. The fraction of sp³-hybridized carbons (Fsp3) is 0.118. The molecule has 0 aliphatic rings. The molecule has 0 spiro atoms. The Labute approximate surface area is 128 Å². The van der Waals surface area contributed by atoms with Crippen molar-refractivity contribution in [1.29, 1.82) is 0 Å². The third kappa shape index (κ3) is 2.94. The highest BCUT2D eigenvalue weighted by Crippen LogP contribution is 2.20. The lowest BCUT2D eigenvalue weighted by molar-refractivity contribution is 0.282. The van der Waals surface area contributed by atoms with Gasteiger partial charge in [-0.25, -0.2) is 4.98 Å². The molecule has 0 bridgehead atoms. The molecule has 0 fully saturated rings. The summed E-state index contributed by atoms with van der Waals surface area (Å²) in [6, 6.07) is 15.0. The number of hydrogen-bond donors (Lipinski definition) is 1. The van der Waals surface area contributed by atoms with Crippen molar-refractivity contribution in [1.82, 2.24) is 15.2 Å². The number of rotatable bonds is 4. The number of aromatic nitrogens is 3. The molecule has 0 amide bonds. The highest BCUT2D eigenvalue weighted by atomic mass is 16.5. The van der Waals surface area contributed by atoms with Crippen LogP contribution in [0.4, 0.5) is 0 Å². The van der Waals surface area contributed by atoms with Crippen LogP contribution < -0.4 is 4.74 Å². The Morgan fingerprint density at radius 2 is 1.59 bits per heavy atom. The summed E-state index contributed by atoms with van der Waals surface area (Å²) in [6.45, 7) is 0.0284. The van der Waals surface area contributed by atoms with Crippen LogP contribution >= 0.6 is 0 Å². The molecular formula is C17H15N3O2. The maximum Gasteiger partial charge on any atom is 0.181 e. The Morgan fingerprint density at radius 1 is 0.909 bits per heavy atom. The summed E-state index contributed by atoms with van der Waals surface area (Å²) < 4.78 is 5.13. The van der Waals surface area contributed by atoms with E-state index in [1.54, 1.807) is 13.3 Å². The third-order valence-corrected chi connectivity index (χ3v) is 3.34. The maximum atomic E-state index is 9.05. The van der Waals surface area contributed by atoms with Gasteiger partial charge in [0.1, 0.15) is 11.4 Å². The SMILES string of the molecule is COc1ccc(-c2ncc(-c3ccc(CO)cc3)nn2)cc1. The summed E-state index contributed by atoms with van der Waals surface area (Å²) in [5.41, 5.74) is 3.36. The topological polar surface area (TPSA) is 68.1 Å². The molecule has 22 heavy (non-hydrogen) atoms. The van der Waals surface area contributed by atoms with E-state index in [9.17, 15) is 0 Å². The van der Waals surface area contributed by atoms with Crippen LogP contribution in [0, 0.1) is 0 Å². The van der Waals surface area contributed by atoms with Crippen LogP contribution in [0.25, 0.3) is 22.6 Å². The van der Waals surface area contributed by atoms with Gasteiger partial charge in [-0.3, -0.25) is 0 Å². The second-order valence-electron chi connectivity index (χ2n) is 4.75. The third-order valence-electron chi connectivity index (χ3n) is 3.34. The van der Waals surface area contributed by atoms with Gasteiger partial charge in [0.05, 0.1) is 19.9 Å². The number of methoxy groups -OCH3 is 1. The zero-order valence-electron chi connectivity index (χ0n) is 12.1. The Hall–Kier alpha value is -2.79. The fourth-order valence-electron chi connectivity index (χ4n) is 2.06. The lowest BCUT2D eigenvalue weighted by Gasteiger charge is -2.04. The molecule has 0 radical (unpaired) electrons. The Balaban J connectivity index is 1.84. The summed E-state index contributed by atoms with van der Waals surface area (Å²) in [4.78, 5) is 4.36. The minimum Gasteiger partial charge on any atom is -0.497 e. The maximum absolute atomic E-state index is 9.05. The molecule has 3 aromatic rings. The highest BCUT2D eigenvalue weighted by Gasteiger charge is 2.05. The van der Waals surface area contributed by atoms with Crippen LogP contribution in [0.3, 0.4) is 0 Å². The first-order valence-electron chi connectivity index (χ1n) is 6.84. The smallest absolute Gasteiger partial charge is 0.181 e. The van der Waals surface area contributed by atoms with Crippen LogP contribution in [0.1, 0.15) is 5.56 Å². The molecule has 2 aromatic carbocycles. The molecule has 1 N–H and O–H groups in total. The van der Waals surface area contributed by atoms with Crippen LogP contribution in [-0.4, -0.2) is 27.4 Å². The minimum absolute atomic E-state index is 0.0284. The molecule has 0 unspecified atom stereocenters. The lowest BCUT2D eigenvalue weighted by atomic mass is 10.1. The number of hydrogen-bond acceptors (Lipinski definition) is 5. The summed E-state index contributed by atoms with van der Waals surface area (Å²) >= 11 is 0. The van der Waals surface area contributed by atoms with E-state index < -0.39 is 0 Å². The van der Waals surface area contributed by atoms with Gasteiger partial charge in [0.25, 0.3) is 0 Å². The zero-order valence-corrected chi connectivity index (χ0v) is 12.1. The quantitative estimate of drug-likeness (QED) is 0.801. The van der Waals surface area contributed by atoms with Gasteiger partial charge in [-0.1, -0.05) is 24.3 Å². The molecule has 0 aliphatic carbocycles. The van der Waals surface area contributed by atoms with Gasteiger partial charge < -0.3 is 9.84 Å². The van der Waals surface area contributed by atoms with E-state index in [1.165, 1.54) is 0 Å². The normalized spacial score (nSPS) is 10.5. The van der Waals surface area contributed by atoms with Gasteiger partial charge in [-0.2, -0.15) is 0 Å². The van der Waals surface area contributed by atoms with Crippen LogP contribution in [0.5, 0.6) is 5.75 Å². The first-order chi connectivity index (χ1) is 10.8. The van der Waals surface area contributed by atoms with Gasteiger partial charge in [0, 0.05) is 11.1 Å². The molecule has 0 atom stereocenters. The number of aliphatic hydroxyl groups excluding tert-OH is 1. The fourth-order valence-corrected chi connectivity index (χ4v) is 2.06. The molecule has 0 saturated carbocycles. The van der Waals surface area contributed by atoms with E-state index in [4.69, 9.17) is 9.84 Å². The molecule has 3 rings (SSSR count). The monoisotopic (exact) mass is 293 g/mol. The van der Waals surface area contributed by atoms with Crippen molar-refractivity contribution in [2.45, 2.75) is 6.61 Å². The van der Waals surface area contributed by atoms with Gasteiger partial charge in [-0.15, -0.1) is 10.2 Å². The van der Waals surface area contributed by atoms with Crippen molar-refractivity contribution in [2.24, 2.45) is 0 Å². The van der Waals surface area contributed by atoms with Gasteiger partial charge in [0.15, 0.2) is 5.82 Å². The standard InChI is InChI=1S/C17H15N3O2/c1-22-15-8-6-14(7-9-15)17-18-10-16(19-20-17)13-4-2-12(11-21)3-5-13/h2-10,21H,11H2,1H3. The largest absolute Gasteiger partial charge is 0.497 e. The zero-order chi connectivity index (χ0) is 15.4. The molecule has 110 valence electrons. The second kappa shape index (κ2) is 6.32. The average molecular weight is 293 g/mol. The molecule has 1 heterocycles. The average Bonchev–Trinajstić information content (AvgIpc) is 2.62. The van der Waals surface area contributed by atoms with E-state index >= 15 is 0 Å². The van der Waals surface area contributed by atoms with E-state index in [-0.39, 0.29) is 6.61 Å². The minimum atomic E-state index is 0.0284. The first kappa shape index (κ1) is 14.2. The van der Waals surface area contributed by atoms with Crippen molar-refractivity contribution in [3.8, 4) is 28.4 Å². The Bertz CT molecular complexity index is 672. The van der Waals surface area contributed by atoms with Gasteiger partial charge in [-0.05, 0) is 29.8 Å². The number of aliphatic hydroxyl groups is 1. The summed E-state index contributed by atoms with van der Waals surface area (Å²) in [5, 5.41) is 17.4. The lowest BCUT2D eigenvalue weighted by Crippen LogP contribution is -1.95. The highest BCUT2D eigenvalue weighted by molar-refractivity contribution is 5.60. The van der Waals surface area contributed by atoms with Crippen LogP contribution in [-0.2, 0) is 6.61 Å². The van der Waals surface area contributed by atoms with Crippen LogP contribution in [0.2, 0.25) is 0 Å². The van der Waals surface area contributed by atoms with Crippen molar-refractivity contribution < 1.29 is 9.84 Å². The summed E-state index contributed by atoms with van der Waals surface area (Å²) in [7, 11) is 1.63. The van der Waals surface area contributed by atoms with E-state index in [0.717, 1.165) is 22.4 Å². The van der Waals surface area contributed by atoms with Crippen LogP contribution in [0.15, 0.2) is 54.7 Å². The van der Waals surface area contributed by atoms with Gasteiger partial charge in [0.2, 0.25) is 0 Å². The molecule has 0 aliphatic heterocycles. The first-order valence-corrected chi connectivity index (χ1v) is 6.84. The summed E-state index contributed by atoms with van der Waals surface area (Å²) in [6.07, 6.45) is 1.69. The molecule has 0 saturated heterocycles.